The number of amides is 2. The van der Waals surface area contributed by atoms with E-state index in [1.165, 1.54) is 31.4 Å². The number of rotatable bonds is 7. The van der Waals surface area contributed by atoms with E-state index in [4.69, 9.17) is 6.57 Å². The molecular formula is C24H21F3N4O4S2. The number of benzene rings is 2. The molecule has 194 valence electrons. The van der Waals surface area contributed by atoms with Gasteiger partial charge in [0.05, 0.1) is 40.5 Å². The predicted octanol–water partition coefficient (Wildman–Crippen LogP) is 4.54. The van der Waals surface area contributed by atoms with E-state index in [1.54, 1.807) is 0 Å². The summed E-state index contributed by atoms with van der Waals surface area (Å²) in [6.07, 6.45) is -3.12. The molecule has 1 aliphatic heterocycles. The van der Waals surface area contributed by atoms with Gasteiger partial charge in [-0.25, -0.2) is 18.1 Å². The number of nitriles is 1. The zero-order valence-electron chi connectivity index (χ0n) is 19.7. The van der Waals surface area contributed by atoms with Crippen LogP contribution in [0.3, 0.4) is 0 Å². The van der Waals surface area contributed by atoms with Crippen molar-refractivity contribution in [3.05, 3.63) is 82.0 Å². The fourth-order valence-corrected chi connectivity index (χ4v) is 6.24. The second-order valence-corrected chi connectivity index (χ2v) is 11.8. The second kappa shape index (κ2) is 10.7. The average Bonchev–Trinajstić information content (AvgIpc) is 2.82. The molecule has 0 saturated carbocycles. The highest BCUT2D eigenvalue weighted by Gasteiger charge is 2.37. The molecule has 0 radical (unpaired) electrons. The fourth-order valence-electron chi connectivity index (χ4n) is 3.91. The van der Waals surface area contributed by atoms with Crippen LogP contribution in [-0.2, 0) is 26.8 Å². The van der Waals surface area contributed by atoms with Crippen LogP contribution in [0.5, 0.6) is 0 Å². The summed E-state index contributed by atoms with van der Waals surface area (Å²) in [7, 11) is -5.24. The smallest absolute Gasteiger partial charge is 0.335 e. The predicted molar refractivity (Wildman–Crippen MR) is 131 cm³/mol. The Morgan fingerprint density at radius 2 is 1.95 bits per heavy atom. The molecule has 8 nitrogen and oxygen atoms in total. The van der Waals surface area contributed by atoms with Crippen LogP contribution in [0, 0.1) is 17.9 Å². The Kier molecular flexibility index (Phi) is 8.10. The number of carbonyl (C=O) groups excluding carboxylic acids is 1. The summed E-state index contributed by atoms with van der Waals surface area (Å²) in [6, 6.07) is 7.64. The summed E-state index contributed by atoms with van der Waals surface area (Å²) >= 11 is 0. The third kappa shape index (κ3) is 6.01. The first-order valence-corrected chi connectivity index (χ1v) is 14.1. The molecule has 0 aliphatic carbocycles. The third-order valence-corrected chi connectivity index (χ3v) is 8.35. The van der Waals surface area contributed by atoms with Gasteiger partial charge in [0.25, 0.3) is 0 Å². The van der Waals surface area contributed by atoms with E-state index >= 15 is 0 Å². The molecule has 3 rings (SSSR count). The van der Waals surface area contributed by atoms with Gasteiger partial charge in [-0.15, -0.1) is 0 Å². The highest BCUT2D eigenvalue weighted by atomic mass is 32.2. The maximum absolute atomic E-state index is 13.2. The average molecular weight is 551 g/mol. The van der Waals surface area contributed by atoms with E-state index in [0.717, 1.165) is 29.2 Å². The Balaban J connectivity index is 2.13. The number of halogens is 3. The Hall–Kier alpha value is -3.68. The molecule has 0 spiro atoms. The van der Waals surface area contributed by atoms with Gasteiger partial charge in [0.2, 0.25) is 5.70 Å². The first kappa shape index (κ1) is 27.9. The number of alkyl halides is 3. The van der Waals surface area contributed by atoms with Gasteiger partial charge in [0.1, 0.15) is 0 Å². The molecular weight excluding hydrogens is 529 g/mol. The van der Waals surface area contributed by atoms with Crippen molar-refractivity contribution in [2.24, 2.45) is 0 Å². The van der Waals surface area contributed by atoms with Crippen LogP contribution in [0.15, 0.2) is 58.8 Å². The quantitative estimate of drug-likeness (QED) is 0.509. The highest BCUT2D eigenvalue weighted by molar-refractivity contribution is 7.91. The number of nitrogens with zero attached hydrogens (tertiary/aromatic N) is 3. The standard InChI is InChI=1S/C24H21F3N4O4S2/c1-15-21(29-2)22(30-23(32)31(15)18-7-4-6-17(13-18)24(25,26)27)19-9-8-16(14-28)12-20(19)37(34,35)11-5-10-36(3)33/h4,6-9,12-13,22H,5,10-11H2,1,3H3,(H,30,32)/t22-,36?/m1/s1. The minimum atomic E-state index is -4.65. The molecule has 0 aromatic heterocycles. The second-order valence-electron chi connectivity index (χ2n) is 8.16. The number of hydrogen-bond donors (Lipinski definition) is 1. The van der Waals surface area contributed by atoms with Crippen molar-refractivity contribution in [1.29, 1.82) is 5.26 Å². The number of urea groups is 1. The first-order chi connectivity index (χ1) is 17.3. The summed E-state index contributed by atoms with van der Waals surface area (Å²) in [5.74, 6) is -0.230. The minimum Gasteiger partial charge on any atom is -0.335 e. The molecule has 1 aliphatic rings. The lowest BCUT2D eigenvalue weighted by atomic mass is 9.99. The molecule has 0 saturated heterocycles. The topological polar surface area (TPSA) is 112 Å². The van der Waals surface area contributed by atoms with E-state index in [0.29, 0.717) is 0 Å². The van der Waals surface area contributed by atoms with E-state index in [2.05, 4.69) is 10.2 Å². The van der Waals surface area contributed by atoms with E-state index in [1.807, 2.05) is 6.07 Å². The van der Waals surface area contributed by atoms with E-state index in [-0.39, 0.29) is 51.0 Å². The lowest BCUT2D eigenvalue weighted by Gasteiger charge is -2.34. The number of allylic oxidation sites excluding steroid dienone is 1. The minimum absolute atomic E-state index is 0.0251. The summed E-state index contributed by atoms with van der Waals surface area (Å²) in [5.41, 5.74) is -1.10. The summed E-state index contributed by atoms with van der Waals surface area (Å²) in [5, 5.41) is 11.8. The maximum Gasteiger partial charge on any atom is 0.416 e. The van der Waals surface area contributed by atoms with Crippen molar-refractivity contribution in [3.63, 3.8) is 0 Å². The largest absolute Gasteiger partial charge is 0.416 e. The van der Waals surface area contributed by atoms with Gasteiger partial charge in [0, 0.05) is 34.2 Å². The monoisotopic (exact) mass is 550 g/mol. The van der Waals surface area contributed by atoms with Crippen molar-refractivity contribution >= 4 is 32.4 Å². The molecule has 2 aromatic rings. The number of hydrogen-bond acceptors (Lipinski definition) is 5. The van der Waals surface area contributed by atoms with Gasteiger partial charge in [-0.3, -0.25) is 9.11 Å². The zero-order chi connectivity index (χ0) is 27.5. The molecule has 1 heterocycles. The number of sulfone groups is 1. The molecule has 1 N–H and O–H groups in total. The van der Waals surface area contributed by atoms with E-state index < -0.39 is 44.4 Å². The van der Waals surface area contributed by atoms with Crippen molar-refractivity contribution < 1.29 is 30.6 Å². The molecule has 0 bridgehead atoms. The fraction of sp³-hybridized carbons (Fsp3) is 0.292. The van der Waals surface area contributed by atoms with Crippen LogP contribution in [0.25, 0.3) is 4.85 Å². The van der Waals surface area contributed by atoms with Crippen molar-refractivity contribution in [3.8, 4) is 6.07 Å². The summed E-state index contributed by atoms with van der Waals surface area (Å²) < 4.78 is 77.4. The van der Waals surface area contributed by atoms with Gasteiger partial charge in [0.15, 0.2) is 9.84 Å². The van der Waals surface area contributed by atoms with Gasteiger partial charge < -0.3 is 5.32 Å². The Bertz CT molecular complexity index is 1490. The summed E-state index contributed by atoms with van der Waals surface area (Å²) in [4.78, 5) is 17.2. The van der Waals surface area contributed by atoms with Gasteiger partial charge in [-0.05, 0) is 49.2 Å². The van der Waals surface area contributed by atoms with Crippen molar-refractivity contribution in [1.82, 2.24) is 5.32 Å². The molecule has 2 aromatic carbocycles. The van der Waals surface area contributed by atoms with Crippen molar-refractivity contribution in [2.45, 2.75) is 30.5 Å². The molecule has 2 atom stereocenters. The van der Waals surface area contributed by atoms with Crippen LogP contribution in [0.1, 0.15) is 36.1 Å². The van der Waals surface area contributed by atoms with Crippen LogP contribution in [0.2, 0.25) is 0 Å². The first-order valence-electron chi connectivity index (χ1n) is 10.7. The van der Waals surface area contributed by atoms with Gasteiger partial charge in [-0.1, -0.05) is 12.1 Å². The Morgan fingerprint density at radius 1 is 1.24 bits per heavy atom. The Labute approximate surface area is 214 Å². The number of carbonyl (C=O) groups is 1. The molecule has 37 heavy (non-hydrogen) atoms. The molecule has 13 heteroatoms. The van der Waals surface area contributed by atoms with Crippen LogP contribution in [-0.4, -0.2) is 36.4 Å². The lowest BCUT2D eigenvalue weighted by molar-refractivity contribution is -0.137. The lowest BCUT2D eigenvalue weighted by Crippen LogP contribution is -2.46. The highest BCUT2D eigenvalue weighted by Crippen LogP contribution is 2.38. The molecule has 0 fully saturated rings. The molecule has 2 amide bonds. The van der Waals surface area contributed by atoms with E-state index in [9.17, 15) is 35.9 Å². The van der Waals surface area contributed by atoms with Crippen LogP contribution in [0.4, 0.5) is 23.7 Å². The normalized spacial score (nSPS) is 17.1. The maximum atomic E-state index is 13.2. The van der Waals surface area contributed by atoms with Crippen molar-refractivity contribution in [2.75, 3.05) is 22.7 Å². The van der Waals surface area contributed by atoms with Gasteiger partial charge in [-0.2, -0.15) is 18.4 Å². The molecule has 1 unspecified atom stereocenters. The Morgan fingerprint density at radius 3 is 2.54 bits per heavy atom. The SMILES string of the molecule is [C-]#[N+]C1=C(C)N(c2cccc(C(F)(F)F)c2)C(=O)N[C@@H]1c1ccc(C#N)cc1S(=O)(=O)CCCS(C)=O. The number of nitrogens with one attached hydrogen (secondary N) is 1. The third-order valence-electron chi connectivity index (χ3n) is 5.64. The van der Waals surface area contributed by atoms with Crippen LogP contribution >= 0.6 is 0 Å². The summed E-state index contributed by atoms with van der Waals surface area (Å²) in [6.45, 7) is 9.09. The van der Waals surface area contributed by atoms with Crippen LogP contribution < -0.4 is 10.2 Å². The zero-order valence-corrected chi connectivity index (χ0v) is 21.3. The number of anilines is 1. The van der Waals surface area contributed by atoms with Gasteiger partial charge >= 0.3 is 12.2 Å².